The van der Waals surface area contributed by atoms with Crippen LogP contribution in [-0.2, 0) is 11.0 Å². The summed E-state index contributed by atoms with van der Waals surface area (Å²) in [6.07, 6.45) is -0.128. The average Bonchev–Trinajstić information content (AvgIpc) is 3.01. The van der Waals surface area contributed by atoms with E-state index in [9.17, 15) is 22.8 Å². The minimum Gasteiger partial charge on any atom is -0.376 e. The van der Waals surface area contributed by atoms with Gasteiger partial charge in [-0.05, 0) is 55.3 Å². The molecule has 3 rings (SSSR count). The molecule has 2 amide bonds. The molecule has 0 bridgehead atoms. The van der Waals surface area contributed by atoms with Crippen molar-refractivity contribution in [2.45, 2.75) is 31.9 Å². The molecule has 160 valence electrons. The fourth-order valence-corrected chi connectivity index (χ4v) is 3.35. The van der Waals surface area contributed by atoms with Gasteiger partial charge in [-0.15, -0.1) is 0 Å². The van der Waals surface area contributed by atoms with Crippen molar-refractivity contribution in [2.24, 2.45) is 0 Å². The number of nitrogens with one attached hydrogen (secondary N) is 2. The number of likely N-dealkylation sites (tertiary alicyclic amines) is 1. The Morgan fingerprint density at radius 3 is 2.20 bits per heavy atom. The number of hydrogen-bond acceptors (Lipinski definition) is 3. The second-order valence-electron chi connectivity index (χ2n) is 7.26. The number of carbonyl (C=O) groups excluding carboxylic acids is 2. The van der Waals surface area contributed by atoms with Crippen LogP contribution in [0.15, 0.2) is 48.5 Å². The summed E-state index contributed by atoms with van der Waals surface area (Å²) in [5, 5.41) is 5.35. The van der Waals surface area contributed by atoms with Crippen LogP contribution < -0.4 is 10.6 Å². The predicted octanol–water partition coefficient (Wildman–Crippen LogP) is 4.77. The third kappa shape index (κ3) is 5.98. The third-order valence-corrected chi connectivity index (χ3v) is 4.95. The number of alkyl halides is 3. The Labute approximate surface area is 173 Å². The minimum absolute atomic E-state index is 0.0130. The van der Waals surface area contributed by atoms with Gasteiger partial charge in [-0.25, -0.2) is 0 Å². The van der Waals surface area contributed by atoms with E-state index in [4.69, 9.17) is 0 Å². The summed E-state index contributed by atoms with van der Waals surface area (Å²) in [6.45, 7) is 1.34. The zero-order valence-corrected chi connectivity index (χ0v) is 16.5. The first-order valence-corrected chi connectivity index (χ1v) is 9.93. The van der Waals surface area contributed by atoms with Crippen LogP contribution in [0.3, 0.4) is 0 Å². The smallest absolute Gasteiger partial charge is 0.376 e. The molecule has 0 spiro atoms. The van der Waals surface area contributed by atoms with E-state index in [-0.39, 0.29) is 18.1 Å². The molecule has 0 atom stereocenters. The van der Waals surface area contributed by atoms with E-state index in [2.05, 4.69) is 10.6 Å². The van der Waals surface area contributed by atoms with Crippen LogP contribution in [0, 0.1) is 0 Å². The molecule has 0 aliphatic carbocycles. The largest absolute Gasteiger partial charge is 0.416 e. The minimum atomic E-state index is -4.44. The molecule has 0 saturated carbocycles. The Morgan fingerprint density at radius 2 is 1.57 bits per heavy atom. The van der Waals surface area contributed by atoms with Crippen LogP contribution in [-0.4, -0.2) is 36.3 Å². The number of carbonyl (C=O) groups is 2. The van der Waals surface area contributed by atoms with Gasteiger partial charge >= 0.3 is 6.18 Å². The van der Waals surface area contributed by atoms with Crippen LogP contribution in [0.2, 0.25) is 0 Å². The van der Waals surface area contributed by atoms with Gasteiger partial charge in [0, 0.05) is 30.0 Å². The molecule has 1 heterocycles. The van der Waals surface area contributed by atoms with E-state index in [1.54, 1.807) is 24.3 Å². The van der Waals surface area contributed by atoms with Crippen molar-refractivity contribution in [1.82, 2.24) is 4.90 Å². The maximum Gasteiger partial charge on any atom is 0.416 e. The highest BCUT2D eigenvalue weighted by Gasteiger charge is 2.30. The summed E-state index contributed by atoms with van der Waals surface area (Å²) in [6, 6.07) is 11.3. The lowest BCUT2D eigenvalue weighted by molar-refractivity contribution is -0.137. The summed E-state index contributed by atoms with van der Waals surface area (Å²) in [5.74, 6) is -0.417. The van der Waals surface area contributed by atoms with Crippen LogP contribution >= 0.6 is 0 Å². The molecule has 0 aromatic heterocycles. The van der Waals surface area contributed by atoms with E-state index in [0.29, 0.717) is 11.3 Å². The Balaban J connectivity index is 1.53. The van der Waals surface area contributed by atoms with Gasteiger partial charge in [-0.1, -0.05) is 18.9 Å². The van der Waals surface area contributed by atoms with Gasteiger partial charge in [0.25, 0.3) is 5.91 Å². The number of amides is 2. The van der Waals surface area contributed by atoms with Crippen molar-refractivity contribution in [3.05, 3.63) is 59.7 Å². The number of rotatable bonds is 5. The zero-order valence-electron chi connectivity index (χ0n) is 16.5. The fourth-order valence-electron chi connectivity index (χ4n) is 3.35. The quantitative estimate of drug-likeness (QED) is 0.734. The van der Waals surface area contributed by atoms with Gasteiger partial charge in [0.2, 0.25) is 5.91 Å². The first kappa shape index (κ1) is 21.7. The van der Waals surface area contributed by atoms with Crippen molar-refractivity contribution in [1.29, 1.82) is 0 Å². The molecular weight excluding hydrogens is 395 g/mol. The molecule has 5 nitrogen and oxygen atoms in total. The summed E-state index contributed by atoms with van der Waals surface area (Å²) in [7, 11) is 0. The molecule has 2 aromatic carbocycles. The number of halogens is 3. The van der Waals surface area contributed by atoms with Crippen LogP contribution in [0.25, 0.3) is 0 Å². The molecular formula is C22H24F3N3O2. The third-order valence-electron chi connectivity index (χ3n) is 4.95. The monoisotopic (exact) mass is 419 g/mol. The fraction of sp³-hybridized carbons (Fsp3) is 0.364. The maximum atomic E-state index is 12.7. The van der Waals surface area contributed by atoms with E-state index in [1.807, 2.05) is 4.90 Å². The van der Waals surface area contributed by atoms with E-state index >= 15 is 0 Å². The van der Waals surface area contributed by atoms with Crippen molar-refractivity contribution < 1.29 is 22.8 Å². The second kappa shape index (κ2) is 9.65. The summed E-state index contributed by atoms with van der Waals surface area (Å²) >= 11 is 0. The molecule has 1 aliphatic heterocycles. The van der Waals surface area contributed by atoms with Crippen molar-refractivity contribution >= 4 is 23.2 Å². The lowest BCUT2D eigenvalue weighted by Gasteiger charge is -2.20. The SMILES string of the molecule is O=C(CNc1cccc(C(F)(F)F)c1)Nc1ccc(C(=O)N2CCCCCC2)cc1. The van der Waals surface area contributed by atoms with Crippen molar-refractivity contribution in [2.75, 3.05) is 30.3 Å². The molecule has 30 heavy (non-hydrogen) atoms. The van der Waals surface area contributed by atoms with Gasteiger partial charge < -0.3 is 15.5 Å². The summed E-state index contributed by atoms with van der Waals surface area (Å²) in [4.78, 5) is 26.6. The van der Waals surface area contributed by atoms with Crippen LogP contribution in [0.1, 0.15) is 41.6 Å². The summed E-state index contributed by atoms with van der Waals surface area (Å²) in [5.41, 5.74) is 0.506. The van der Waals surface area contributed by atoms with Gasteiger partial charge in [-0.3, -0.25) is 9.59 Å². The molecule has 8 heteroatoms. The Morgan fingerprint density at radius 1 is 0.900 bits per heavy atom. The molecule has 1 fully saturated rings. The predicted molar refractivity (Wildman–Crippen MR) is 109 cm³/mol. The number of hydrogen-bond donors (Lipinski definition) is 2. The highest BCUT2D eigenvalue weighted by molar-refractivity contribution is 5.96. The lowest BCUT2D eigenvalue weighted by Crippen LogP contribution is -2.31. The standard InChI is InChI=1S/C22H24F3N3O2/c23-22(24,25)17-6-5-7-19(14-17)26-15-20(29)27-18-10-8-16(9-11-18)21(30)28-12-3-1-2-4-13-28/h5-11,14,26H,1-4,12-13,15H2,(H,27,29). The van der Waals surface area contributed by atoms with Gasteiger partial charge in [0.1, 0.15) is 0 Å². The Hall–Kier alpha value is -3.03. The molecule has 1 aliphatic rings. The molecule has 0 radical (unpaired) electrons. The Bertz CT molecular complexity index is 874. The maximum absolute atomic E-state index is 12.7. The van der Waals surface area contributed by atoms with E-state index < -0.39 is 17.6 Å². The van der Waals surface area contributed by atoms with Gasteiger partial charge in [0.05, 0.1) is 12.1 Å². The molecule has 1 saturated heterocycles. The highest BCUT2D eigenvalue weighted by Crippen LogP contribution is 2.30. The molecule has 2 N–H and O–H groups in total. The van der Waals surface area contributed by atoms with Crippen LogP contribution in [0.5, 0.6) is 0 Å². The van der Waals surface area contributed by atoms with E-state index in [0.717, 1.165) is 50.9 Å². The Kier molecular flexibility index (Phi) is 6.97. The van der Waals surface area contributed by atoms with Gasteiger partial charge in [-0.2, -0.15) is 13.2 Å². The van der Waals surface area contributed by atoms with Crippen molar-refractivity contribution in [3.63, 3.8) is 0 Å². The first-order valence-electron chi connectivity index (χ1n) is 9.93. The second-order valence-corrected chi connectivity index (χ2v) is 7.26. The number of anilines is 2. The van der Waals surface area contributed by atoms with Crippen LogP contribution in [0.4, 0.5) is 24.5 Å². The average molecular weight is 419 g/mol. The molecule has 0 unspecified atom stereocenters. The van der Waals surface area contributed by atoms with E-state index in [1.165, 1.54) is 12.1 Å². The first-order chi connectivity index (χ1) is 14.3. The number of nitrogens with zero attached hydrogens (tertiary/aromatic N) is 1. The number of benzene rings is 2. The lowest BCUT2D eigenvalue weighted by atomic mass is 10.1. The zero-order chi connectivity index (χ0) is 21.6. The highest BCUT2D eigenvalue weighted by atomic mass is 19.4. The topological polar surface area (TPSA) is 61.4 Å². The molecule has 2 aromatic rings. The van der Waals surface area contributed by atoms with Gasteiger partial charge in [0.15, 0.2) is 0 Å². The normalized spacial score (nSPS) is 14.7. The van der Waals surface area contributed by atoms with Crippen molar-refractivity contribution in [3.8, 4) is 0 Å². The summed E-state index contributed by atoms with van der Waals surface area (Å²) < 4.78 is 38.2.